The van der Waals surface area contributed by atoms with Gasteiger partial charge in [0.25, 0.3) is 0 Å². The van der Waals surface area contributed by atoms with E-state index in [9.17, 15) is 4.79 Å². The number of nitrogens with two attached hydrogens (primary N) is 1. The lowest BCUT2D eigenvalue weighted by Gasteiger charge is -2.28. The number of carbonyl (C=O) groups excluding carboxylic acids is 1. The van der Waals surface area contributed by atoms with Gasteiger partial charge in [-0.3, -0.25) is 4.79 Å². The Bertz CT molecular complexity index is 276. The first-order valence-corrected chi connectivity index (χ1v) is 6.48. The number of hydrogen-bond acceptors (Lipinski definition) is 3. The van der Waals surface area contributed by atoms with Crippen molar-refractivity contribution in [3.63, 3.8) is 0 Å². The molecule has 90 valence electrons. The topological polar surface area (TPSA) is 58.4 Å². The van der Waals surface area contributed by atoms with E-state index < -0.39 is 0 Å². The average molecular weight is 223 g/mol. The fourth-order valence-electron chi connectivity index (χ4n) is 3.61. The summed E-state index contributed by atoms with van der Waals surface area (Å²) in [5.41, 5.74) is 5.35. The quantitative estimate of drug-likeness (QED) is 0.687. The smallest absolute Gasteiger partial charge is 0.221 e. The SMILES string of the molecule is NC(=O)C1[C@H]2CN(CC3CCNCC3)C[C@@H]12. The molecule has 3 fully saturated rings. The minimum absolute atomic E-state index is 0.0727. The molecule has 3 rings (SSSR count). The number of hydrogen-bond donors (Lipinski definition) is 2. The van der Waals surface area contributed by atoms with Crippen LogP contribution in [0.4, 0.5) is 0 Å². The highest BCUT2D eigenvalue weighted by Gasteiger charge is 2.58. The summed E-state index contributed by atoms with van der Waals surface area (Å²) in [4.78, 5) is 13.6. The van der Waals surface area contributed by atoms with Gasteiger partial charge >= 0.3 is 0 Å². The van der Waals surface area contributed by atoms with Gasteiger partial charge in [0.05, 0.1) is 0 Å². The fraction of sp³-hybridized carbons (Fsp3) is 0.917. The van der Waals surface area contributed by atoms with Crippen molar-refractivity contribution >= 4 is 5.91 Å². The predicted molar refractivity (Wildman–Crippen MR) is 61.7 cm³/mol. The first-order valence-electron chi connectivity index (χ1n) is 6.48. The second kappa shape index (κ2) is 4.00. The summed E-state index contributed by atoms with van der Waals surface area (Å²) in [5.74, 6) is 2.20. The molecule has 1 unspecified atom stereocenters. The minimum Gasteiger partial charge on any atom is -0.369 e. The van der Waals surface area contributed by atoms with Crippen molar-refractivity contribution in [3.05, 3.63) is 0 Å². The van der Waals surface area contributed by atoms with E-state index in [1.165, 1.54) is 32.5 Å². The number of carbonyl (C=O) groups is 1. The van der Waals surface area contributed by atoms with Crippen LogP contribution in [-0.4, -0.2) is 43.5 Å². The van der Waals surface area contributed by atoms with Gasteiger partial charge < -0.3 is 16.0 Å². The molecular weight excluding hydrogens is 202 g/mol. The third-order valence-corrected chi connectivity index (χ3v) is 4.57. The summed E-state index contributed by atoms with van der Waals surface area (Å²) in [7, 11) is 0. The molecule has 2 aliphatic heterocycles. The molecule has 16 heavy (non-hydrogen) atoms. The number of piperidine rings is 2. The summed E-state index contributed by atoms with van der Waals surface area (Å²) >= 11 is 0. The molecule has 4 nitrogen and oxygen atoms in total. The van der Waals surface area contributed by atoms with Crippen molar-refractivity contribution < 1.29 is 4.79 Å². The Morgan fingerprint density at radius 1 is 1.25 bits per heavy atom. The van der Waals surface area contributed by atoms with Crippen molar-refractivity contribution in [3.8, 4) is 0 Å². The molecule has 1 amide bonds. The van der Waals surface area contributed by atoms with Crippen LogP contribution in [0.25, 0.3) is 0 Å². The molecule has 3 atom stereocenters. The van der Waals surface area contributed by atoms with E-state index in [-0.39, 0.29) is 11.8 Å². The zero-order valence-electron chi connectivity index (χ0n) is 9.69. The van der Waals surface area contributed by atoms with Crippen molar-refractivity contribution in [1.82, 2.24) is 10.2 Å². The summed E-state index contributed by atoms with van der Waals surface area (Å²) in [6, 6.07) is 0. The maximum Gasteiger partial charge on any atom is 0.221 e. The lowest BCUT2D eigenvalue weighted by atomic mass is 9.97. The lowest BCUT2D eigenvalue weighted by molar-refractivity contribution is -0.120. The van der Waals surface area contributed by atoms with Gasteiger partial charge in [0, 0.05) is 25.6 Å². The molecule has 1 saturated carbocycles. The van der Waals surface area contributed by atoms with E-state index in [0.717, 1.165) is 19.0 Å². The largest absolute Gasteiger partial charge is 0.369 e. The molecule has 2 saturated heterocycles. The van der Waals surface area contributed by atoms with E-state index in [0.29, 0.717) is 11.8 Å². The molecule has 0 spiro atoms. The van der Waals surface area contributed by atoms with E-state index in [1.54, 1.807) is 0 Å². The predicted octanol–water partition coefficient (Wildman–Crippen LogP) is -0.351. The zero-order chi connectivity index (χ0) is 11.1. The van der Waals surface area contributed by atoms with Gasteiger partial charge in [0.2, 0.25) is 5.91 Å². The van der Waals surface area contributed by atoms with Gasteiger partial charge in [-0.2, -0.15) is 0 Å². The van der Waals surface area contributed by atoms with Crippen LogP contribution >= 0.6 is 0 Å². The monoisotopic (exact) mass is 223 g/mol. The Morgan fingerprint density at radius 3 is 2.44 bits per heavy atom. The van der Waals surface area contributed by atoms with Crippen molar-refractivity contribution in [2.45, 2.75) is 12.8 Å². The Hall–Kier alpha value is -0.610. The van der Waals surface area contributed by atoms with Crippen LogP contribution in [0.5, 0.6) is 0 Å². The van der Waals surface area contributed by atoms with Crippen LogP contribution in [0.3, 0.4) is 0 Å². The van der Waals surface area contributed by atoms with E-state index >= 15 is 0 Å². The molecule has 3 aliphatic rings. The van der Waals surface area contributed by atoms with Gasteiger partial charge in [-0.15, -0.1) is 0 Å². The van der Waals surface area contributed by atoms with Crippen LogP contribution in [0, 0.1) is 23.7 Å². The number of nitrogens with zero attached hydrogens (tertiary/aromatic N) is 1. The fourth-order valence-corrected chi connectivity index (χ4v) is 3.61. The number of amides is 1. The van der Waals surface area contributed by atoms with Gasteiger partial charge in [0.15, 0.2) is 0 Å². The number of fused-ring (bicyclic) bond motifs is 1. The summed E-state index contributed by atoms with van der Waals surface area (Å²) in [6.45, 7) is 5.81. The number of nitrogens with one attached hydrogen (secondary N) is 1. The number of primary amides is 1. The van der Waals surface area contributed by atoms with Crippen molar-refractivity contribution in [2.24, 2.45) is 29.4 Å². The molecule has 0 aromatic carbocycles. The Morgan fingerprint density at radius 2 is 1.88 bits per heavy atom. The van der Waals surface area contributed by atoms with Crippen LogP contribution in [0.1, 0.15) is 12.8 Å². The van der Waals surface area contributed by atoms with Crippen LogP contribution in [0.15, 0.2) is 0 Å². The molecule has 1 aliphatic carbocycles. The molecule has 0 aromatic heterocycles. The second-order valence-corrected chi connectivity index (χ2v) is 5.67. The molecule has 0 bridgehead atoms. The lowest BCUT2D eigenvalue weighted by Crippen LogP contribution is -2.37. The summed E-state index contributed by atoms with van der Waals surface area (Å²) < 4.78 is 0. The Kier molecular flexibility index (Phi) is 2.64. The Balaban J connectivity index is 1.45. The van der Waals surface area contributed by atoms with Crippen LogP contribution in [-0.2, 0) is 4.79 Å². The molecule has 3 N–H and O–H groups in total. The van der Waals surface area contributed by atoms with Crippen LogP contribution < -0.4 is 11.1 Å². The maximum atomic E-state index is 11.1. The standard InChI is InChI=1S/C12H21N3O/c13-12(16)11-9-6-15(7-10(9)11)5-8-1-3-14-4-2-8/h8-11,14H,1-7H2,(H2,13,16)/t9-,10+,11?. The van der Waals surface area contributed by atoms with E-state index in [1.807, 2.05) is 0 Å². The molecule has 0 radical (unpaired) electrons. The second-order valence-electron chi connectivity index (χ2n) is 5.67. The summed E-state index contributed by atoms with van der Waals surface area (Å²) in [5, 5.41) is 3.40. The van der Waals surface area contributed by atoms with Gasteiger partial charge in [0.1, 0.15) is 0 Å². The van der Waals surface area contributed by atoms with Gasteiger partial charge in [-0.1, -0.05) is 0 Å². The van der Waals surface area contributed by atoms with E-state index in [4.69, 9.17) is 5.73 Å². The Labute approximate surface area is 96.5 Å². The first-order chi connectivity index (χ1) is 7.75. The third kappa shape index (κ3) is 1.84. The summed E-state index contributed by atoms with van der Waals surface area (Å²) in [6.07, 6.45) is 2.62. The molecule has 2 heterocycles. The van der Waals surface area contributed by atoms with Gasteiger partial charge in [-0.05, 0) is 43.7 Å². The molecule has 0 aromatic rings. The minimum atomic E-state index is -0.0727. The molecule has 4 heteroatoms. The number of rotatable bonds is 3. The highest BCUT2D eigenvalue weighted by atomic mass is 16.1. The maximum absolute atomic E-state index is 11.1. The average Bonchev–Trinajstić information content (AvgIpc) is 2.79. The van der Waals surface area contributed by atoms with E-state index in [2.05, 4.69) is 10.2 Å². The van der Waals surface area contributed by atoms with Crippen molar-refractivity contribution in [1.29, 1.82) is 0 Å². The van der Waals surface area contributed by atoms with Crippen LogP contribution in [0.2, 0.25) is 0 Å². The zero-order valence-corrected chi connectivity index (χ0v) is 9.69. The normalized spacial score (nSPS) is 39.6. The highest BCUT2D eigenvalue weighted by molar-refractivity contribution is 5.80. The highest BCUT2D eigenvalue weighted by Crippen LogP contribution is 2.51. The molecular formula is C12H21N3O. The number of likely N-dealkylation sites (tertiary alicyclic amines) is 1. The first kappa shape index (κ1) is 10.5. The third-order valence-electron chi connectivity index (χ3n) is 4.57. The van der Waals surface area contributed by atoms with Gasteiger partial charge in [-0.25, -0.2) is 0 Å². The van der Waals surface area contributed by atoms with Crippen molar-refractivity contribution in [2.75, 3.05) is 32.7 Å².